The molecule has 1 amide bonds. The fourth-order valence-electron chi connectivity index (χ4n) is 8.91. The van der Waals surface area contributed by atoms with Crippen molar-refractivity contribution in [3.05, 3.63) is 23.3 Å². The van der Waals surface area contributed by atoms with E-state index in [4.69, 9.17) is 5.73 Å². The fourth-order valence-corrected chi connectivity index (χ4v) is 8.91. The van der Waals surface area contributed by atoms with Crippen LogP contribution in [-0.4, -0.2) is 67.6 Å². The van der Waals surface area contributed by atoms with Gasteiger partial charge >= 0.3 is 0 Å². The normalized spacial score (nSPS) is 39.8. The maximum atomic E-state index is 14.3. The largest absolute Gasteiger partial charge is 0.505 e. The third-order valence-electron chi connectivity index (χ3n) is 10.9. The lowest BCUT2D eigenvalue weighted by Gasteiger charge is -2.71. The van der Waals surface area contributed by atoms with E-state index in [1.54, 1.807) is 41.5 Å². The summed E-state index contributed by atoms with van der Waals surface area (Å²) in [7, 11) is 0. The minimum absolute atomic E-state index is 0.119. The van der Waals surface area contributed by atoms with Crippen LogP contribution in [-0.2, 0) is 19.2 Å². The molecule has 3 aliphatic rings. The highest BCUT2D eigenvalue weighted by atomic mass is 16.4. The average Bonchev–Trinajstić information content (AvgIpc) is 2.88. The van der Waals surface area contributed by atoms with Gasteiger partial charge in [-0.2, -0.15) is 4.99 Å². The Hall–Kier alpha value is -3.24. The first-order chi connectivity index (χ1) is 19.0. The summed E-state index contributed by atoms with van der Waals surface area (Å²) in [6.45, 7) is 10.2. The number of aliphatic hydroxyl groups is 3. The number of hydrogen-bond donors (Lipinski definition) is 5. The van der Waals surface area contributed by atoms with E-state index in [2.05, 4.69) is 4.99 Å². The molecule has 6 N–H and O–H groups in total. The Bertz CT molecular complexity index is 1380. The fraction of sp³-hybridized carbons (Fsp3) is 0.633. The van der Waals surface area contributed by atoms with Crippen molar-refractivity contribution in [2.75, 3.05) is 0 Å². The van der Waals surface area contributed by atoms with Gasteiger partial charge in [-0.1, -0.05) is 47.6 Å². The first-order valence-corrected chi connectivity index (χ1v) is 13.9. The molecule has 0 bridgehead atoms. The summed E-state index contributed by atoms with van der Waals surface area (Å²) < 4.78 is 0. The number of fused-ring (bicyclic) bond motifs is 3. The molecule has 41 heavy (non-hydrogen) atoms. The molecule has 10 atom stereocenters. The number of benzene rings is 1. The zero-order valence-corrected chi connectivity index (χ0v) is 24.0. The molecular formula is C30H38N2O9. The molecule has 11 nitrogen and oxygen atoms in total. The number of hydrogen-bond acceptors (Lipinski definition) is 10. The molecule has 222 valence electrons. The number of Topliss-reactive ketones (excluding diaryl/α,β-unsaturated/α-hetero) is 3. The number of carbonyl (C=O) groups is 4. The molecule has 2 fully saturated rings. The van der Waals surface area contributed by atoms with Crippen LogP contribution in [0.4, 0.5) is 5.69 Å². The number of aliphatic imine (C=N–C) groups is 1. The van der Waals surface area contributed by atoms with Crippen molar-refractivity contribution in [3.8, 4) is 5.75 Å². The van der Waals surface area contributed by atoms with Crippen molar-refractivity contribution >= 4 is 35.0 Å². The number of aromatic hydroxyl groups is 1. The third kappa shape index (κ3) is 3.69. The Morgan fingerprint density at radius 3 is 2.29 bits per heavy atom. The number of carbonyl (C=O) groups excluding carboxylic acids is 5. The maximum absolute atomic E-state index is 14.3. The van der Waals surface area contributed by atoms with Crippen LogP contribution in [0.25, 0.3) is 0 Å². The number of phenols is 1. The lowest BCUT2D eigenvalue weighted by Crippen LogP contribution is -2.82. The van der Waals surface area contributed by atoms with Crippen molar-refractivity contribution < 1.29 is 44.4 Å². The molecule has 2 saturated carbocycles. The Morgan fingerprint density at radius 2 is 1.78 bits per heavy atom. The number of ketones is 3. The molecule has 1 aromatic carbocycles. The molecular weight excluding hydrogens is 532 g/mol. The van der Waals surface area contributed by atoms with Crippen molar-refractivity contribution in [1.29, 1.82) is 0 Å². The second-order valence-corrected chi connectivity index (χ2v) is 12.7. The van der Waals surface area contributed by atoms with Gasteiger partial charge in [-0.05, 0) is 40.7 Å². The van der Waals surface area contributed by atoms with Crippen LogP contribution in [0.1, 0.15) is 76.2 Å². The van der Waals surface area contributed by atoms with E-state index in [-0.39, 0.29) is 29.9 Å². The van der Waals surface area contributed by atoms with Gasteiger partial charge in [0.2, 0.25) is 12.0 Å². The maximum Gasteiger partial charge on any atom is 0.240 e. The summed E-state index contributed by atoms with van der Waals surface area (Å²) in [5, 5.41) is 47.0. The predicted octanol–water partition coefficient (Wildman–Crippen LogP) is 1.70. The first-order valence-electron chi connectivity index (χ1n) is 13.9. The van der Waals surface area contributed by atoms with Crippen LogP contribution in [0.3, 0.4) is 0 Å². The van der Waals surface area contributed by atoms with Gasteiger partial charge < -0.3 is 26.2 Å². The van der Waals surface area contributed by atoms with Crippen molar-refractivity contribution in [2.45, 2.75) is 78.1 Å². The van der Waals surface area contributed by atoms with Crippen LogP contribution in [0.5, 0.6) is 5.75 Å². The molecule has 2 unspecified atom stereocenters. The Balaban J connectivity index is 2.13. The predicted molar refractivity (Wildman–Crippen MR) is 145 cm³/mol. The highest BCUT2D eigenvalue weighted by Crippen LogP contribution is 2.71. The minimum Gasteiger partial charge on any atom is -0.505 e. The van der Waals surface area contributed by atoms with Gasteiger partial charge in [-0.3, -0.25) is 19.2 Å². The van der Waals surface area contributed by atoms with Gasteiger partial charge in [0.1, 0.15) is 23.5 Å². The van der Waals surface area contributed by atoms with E-state index in [9.17, 15) is 44.4 Å². The molecule has 0 aliphatic heterocycles. The van der Waals surface area contributed by atoms with E-state index >= 15 is 0 Å². The van der Waals surface area contributed by atoms with Crippen LogP contribution >= 0.6 is 0 Å². The number of aliphatic hydroxyl groups excluding tert-OH is 2. The topological polar surface area (TPSA) is 205 Å². The van der Waals surface area contributed by atoms with Gasteiger partial charge in [0, 0.05) is 18.3 Å². The van der Waals surface area contributed by atoms with Gasteiger partial charge in [-0.25, -0.2) is 4.79 Å². The minimum atomic E-state index is -2.77. The van der Waals surface area contributed by atoms with Crippen LogP contribution in [0.15, 0.2) is 17.1 Å². The Morgan fingerprint density at radius 1 is 1.17 bits per heavy atom. The zero-order chi connectivity index (χ0) is 31.0. The summed E-state index contributed by atoms with van der Waals surface area (Å²) in [6.07, 6.45) is -2.47. The Kier molecular flexibility index (Phi) is 7.45. The average molecular weight is 571 g/mol. The zero-order valence-electron chi connectivity index (χ0n) is 24.0. The number of primary amides is 1. The number of phenolic OH excluding ortho intramolecular Hbond substituents is 1. The number of isocyanates is 1. The van der Waals surface area contributed by atoms with Crippen molar-refractivity contribution in [3.63, 3.8) is 0 Å². The molecule has 3 aliphatic carbocycles. The van der Waals surface area contributed by atoms with Gasteiger partial charge in [-0.15, -0.1) is 0 Å². The van der Waals surface area contributed by atoms with E-state index in [0.717, 1.165) is 0 Å². The second-order valence-electron chi connectivity index (χ2n) is 12.7. The van der Waals surface area contributed by atoms with Gasteiger partial charge in [0.25, 0.3) is 0 Å². The van der Waals surface area contributed by atoms with E-state index in [1.165, 1.54) is 18.2 Å². The van der Waals surface area contributed by atoms with Crippen molar-refractivity contribution in [1.82, 2.24) is 0 Å². The second kappa shape index (κ2) is 9.94. The van der Waals surface area contributed by atoms with Crippen LogP contribution < -0.4 is 5.73 Å². The van der Waals surface area contributed by atoms with E-state index in [0.29, 0.717) is 5.56 Å². The molecule has 0 spiro atoms. The first kappa shape index (κ1) is 30.7. The summed E-state index contributed by atoms with van der Waals surface area (Å²) in [5.41, 5.74) is -0.283. The number of nitrogens with zero attached hydrogens (tertiary/aromatic N) is 1. The molecule has 0 saturated heterocycles. The van der Waals surface area contributed by atoms with E-state index in [1.807, 2.05) is 0 Å². The third-order valence-corrected chi connectivity index (χ3v) is 10.9. The summed E-state index contributed by atoms with van der Waals surface area (Å²) in [5.74, 6) is -10.5. The monoisotopic (exact) mass is 570 g/mol. The van der Waals surface area contributed by atoms with Crippen LogP contribution in [0.2, 0.25) is 0 Å². The smallest absolute Gasteiger partial charge is 0.240 e. The number of amides is 1. The van der Waals surface area contributed by atoms with Gasteiger partial charge in [0.15, 0.2) is 22.9 Å². The van der Waals surface area contributed by atoms with Crippen molar-refractivity contribution in [2.24, 2.45) is 51.1 Å². The highest BCUT2D eigenvalue weighted by molar-refractivity contribution is 6.10. The molecule has 0 heterocycles. The van der Waals surface area contributed by atoms with E-state index < -0.39 is 87.4 Å². The summed E-state index contributed by atoms with van der Waals surface area (Å²) in [4.78, 5) is 68.4. The lowest BCUT2D eigenvalue weighted by atomic mass is 9.33. The SMILES string of the molecule is CCC(=O)C[C@@H]1[C@@]2(C)[C@H](C)c3ccc(N=C=O)c(O)c3C(=O)[C@@H]2C(O)[C@@]2(O)C(=O)[C@H](C(N)=O)C(O)[C@H](C(C)C)[C@@]12C. The summed E-state index contributed by atoms with van der Waals surface area (Å²) in [6, 6.07) is 2.89. The lowest BCUT2D eigenvalue weighted by molar-refractivity contribution is -0.292. The highest BCUT2D eigenvalue weighted by Gasteiger charge is 2.80. The standard InChI is InChI=1S/C30H38N2O9/c1-7-14(34)10-17-28(5)13(4)15-8-9-16(32-11-33)22(35)18(15)23(36)21(28)26(39)30(41)25(38)19(27(31)40)24(37)20(12(2)3)29(17,30)6/h8-9,12-13,17,19-21,24,26,35,37,39,41H,7,10H2,1-6H3,(H2,31,40)/t13-,17-,19-,20+,21-,24?,26?,28-,29-,30+/m1/s1. The molecule has 11 heteroatoms. The van der Waals surface area contributed by atoms with Crippen LogP contribution in [0, 0.1) is 40.4 Å². The molecule has 0 radical (unpaired) electrons. The number of nitrogens with two attached hydrogens (primary N) is 1. The molecule has 0 aromatic heterocycles. The Labute approximate surface area is 237 Å². The summed E-state index contributed by atoms with van der Waals surface area (Å²) >= 11 is 0. The number of rotatable bonds is 6. The quantitative estimate of drug-likeness (QED) is 0.191. The molecule has 1 aromatic rings. The molecule has 4 rings (SSSR count). The van der Waals surface area contributed by atoms with Gasteiger partial charge in [0.05, 0.1) is 17.6 Å².